The summed E-state index contributed by atoms with van der Waals surface area (Å²) >= 11 is 0. The van der Waals surface area contributed by atoms with E-state index in [1.54, 1.807) is 12.3 Å². The number of hydrogen-bond donors (Lipinski definition) is 2. The molecule has 0 saturated carbocycles. The fourth-order valence-corrected chi connectivity index (χ4v) is 2.00. The molecule has 0 fully saturated rings. The maximum atomic E-state index is 11.9. The summed E-state index contributed by atoms with van der Waals surface area (Å²) in [4.78, 5) is 16.0. The summed E-state index contributed by atoms with van der Waals surface area (Å²) in [6.07, 6.45) is 2.71. The molecule has 104 valence electrons. The van der Waals surface area contributed by atoms with Gasteiger partial charge in [0.1, 0.15) is 0 Å². The van der Waals surface area contributed by atoms with Crippen molar-refractivity contribution in [3.05, 3.63) is 59.9 Å². The van der Waals surface area contributed by atoms with E-state index < -0.39 is 0 Å². The highest BCUT2D eigenvalue weighted by molar-refractivity contribution is 5.90. The van der Waals surface area contributed by atoms with E-state index in [4.69, 9.17) is 5.73 Å². The highest BCUT2D eigenvalue weighted by Crippen LogP contribution is 2.16. The summed E-state index contributed by atoms with van der Waals surface area (Å²) in [6.45, 7) is 1.89. The summed E-state index contributed by atoms with van der Waals surface area (Å²) < 4.78 is 0. The predicted molar refractivity (Wildman–Crippen MR) is 80.2 cm³/mol. The van der Waals surface area contributed by atoms with E-state index in [9.17, 15) is 4.79 Å². The highest BCUT2D eigenvalue weighted by atomic mass is 16.1. The molecule has 1 amide bonds. The van der Waals surface area contributed by atoms with Gasteiger partial charge >= 0.3 is 0 Å². The number of amides is 1. The Hall–Kier alpha value is -2.20. The minimum atomic E-state index is -0.110. The van der Waals surface area contributed by atoms with Crippen molar-refractivity contribution in [2.75, 3.05) is 5.32 Å². The fraction of sp³-hybridized carbons (Fsp3) is 0.250. The van der Waals surface area contributed by atoms with Crippen LogP contribution in [0.4, 0.5) is 5.69 Å². The number of benzene rings is 1. The summed E-state index contributed by atoms with van der Waals surface area (Å²) in [7, 11) is 0. The molecule has 20 heavy (non-hydrogen) atoms. The van der Waals surface area contributed by atoms with E-state index in [0.717, 1.165) is 16.9 Å². The Labute approximate surface area is 119 Å². The second kappa shape index (κ2) is 6.82. The maximum absolute atomic E-state index is 11.9. The molecule has 0 aliphatic heterocycles. The van der Waals surface area contributed by atoms with E-state index in [1.165, 1.54) is 0 Å². The molecule has 0 aliphatic carbocycles. The Morgan fingerprint density at radius 1 is 1.30 bits per heavy atom. The van der Waals surface area contributed by atoms with Gasteiger partial charge < -0.3 is 11.1 Å². The average Bonchev–Trinajstić information content (AvgIpc) is 2.46. The monoisotopic (exact) mass is 269 g/mol. The Morgan fingerprint density at radius 3 is 2.75 bits per heavy atom. The molecule has 3 N–H and O–H groups in total. The van der Waals surface area contributed by atoms with Crippen LogP contribution in [0.3, 0.4) is 0 Å². The standard InChI is InChI=1S/C16H19N3O/c1-12-11-14(9-10-18-12)19-16(20)8-7-15(17)13-5-3-2-4-6-13/h2-6,9-11,15H,7-8,17H2,1H3,(H,18,19,20). The Bertz CT molecular complexity index is 569. The molecule has 1 aromatic heterocycles. The van der Waals surface area contributed by atoms with Gasteiger partial charge in [-0.3, -0.25) is 9.78 Å². The Morgan fingerprint density at radius 2 is 2.05 bits per heavy atom. The first-order chi connectivity index (χ1) is 9.65. The first-order valence-corrected chi connectivity index (χ1v) is 6.68. The van der Waals surface area contributed by atoms with Crippen molar-refractivity contribution in [1.29, 1.82) is 0 Å². The SMILES string of the molecule is Cc1cc(NC(=O)CCC(N)c2ccccc2)ccn1. The fourth-order valence-electron chi connectivity index (χ4n) is 2.00. The molecule has 1 unspecified atom stereocenters. The molecule has 2 rings (SSSR count). The van der Waals surface area contributed by atoms with Crippen molar-refractivity contribution < 1.29 is 4.79 Å². The van der Waals surface area contributed by atoms with Crippen molar-refractivity contribution >= 4 is 11.6 Å². The van der Waals surface area contributed by atoms with Crippen LogP contribution in [0.5, 0.6) is 0 Å². The third-order valence-corrected chi connectivity index (χ3v) is 3.09. The lowest BCUT2D eigenvalue weighted by Gasteiger charge is -2.12. The largest absolute Gasteiger partial charge is 0.326 e. The number of carbonyl (C=O) groups is 1. The Kier molecular flexibility index (Phi) is 4.85. The van der Waals surface area contributed by atoms with Crippen molar-refractivity contribution in [2.45, 2.75) is 25.8 Å². The molecule has 1 heterocycles. The van der Waals surface area contributed by atoms with Crippen molar-refractivity contribution in [3.63, 3.8) is 0 Å². The van der Waals surface area contributed by atoms with Crippen molar-refractivity contribution in [3.8, 4) is 0 Å². The van der Waals surface area contributed by atoms with E-state index in [2.05, 4.69) is 10.3 Å². The number of hydrogen-bond acceptors (Lipinski definition) is 3. The second-order valence-electron chi connectivity index (χ2n) is 4.79. The first-order valence-electron chi connectivity index (χ1n) is 6.68. The Balaban J connectivity index is 1.83. The minimum Gasteiger partial charge on any atom is -0.326 e. The molecule has 1 aromatic carbocycles. The number of carbonyl (C=O) groups excluding carboxylic acids is 1. The molecule has 2 aromatic rings. The molecular weight excluding hydrogens is 250 g/mol. The van der Waals surface area contributed by atoms with Gasteiger partial charge in [0.05, 0.1) is 0 Å². The number of anilines is 1. The molecule has 0 bridgehead atoms. The van der Waals surface area contributed by atoms with E-state index in [-0.39, 0.29) is 11.9 Å². The first kappa shape index (κ1) is 14.2. The molecule has 1 atom stereocenters. The molecule has 4 heteroatoms. The predicted octanol–water partition coefficient (Wildman–Crippen LogP) is 2.81. The van der Waals surface area contributed by atoms with Gasteiger partial charge in [-0.1, -0.05) is 30.3 Å². The lowest BCUT2D eigenvalue weighted by molar-refractivity contribution is -0.116. The number of pyridine rings is 1. The van der Waals surface area contributed by atoms with Crippen LogP contribution in [-0.2, 0) is 4.79 Å². The molecule has 0 spiro atoms. The molecular formula is C16H19N3O. The zero-order chi connectivity index (χ0) is 14.4. The van der Waals surface area contributed by atoms with E-state index in [1.807, 2.05) is 43.3 Å². The quantitative estimate of drug-likeness (QED) is 0.877. The van der Waals surface area contributed by atoms with Crippen LogP contribution in [0.2, 0.25) is 0 Å². The number of nitrogens with two attached hydrogens (primary N) is 1. The van der Waals surface area contributed by atoms with Crippen LogP contribution in [-0.4, -0.2) is 10.9 Å². The van der Waals surface area contributed by atoms with E-state index in [0.29, 0.717) is 12.8 Å². The highest BCUT2D eigenvalue weighted by Gasteiger charge is 2.09. The smallest absolute Gasteiger partial charge is 0.224 e. The topological polar surface area (TPSA) is 68.0 Å². The van der Waals surface area contributed by atoms with Gasteiger partial charge in [-0.15, -0.1) is 0 Å². The summed E-state index contributed by atoms with van der Waals surface area (Å²) in [5.74, 6) is -0.0259. The van der Waals surface area contributed by atoms with Crippen molar-refractivity contribution in [1.82, 2.24) is 4.98 Å². The zero-order valence-electron chi connectivity index (χ0n) is 11.5. The van der Waals surface area contributed by atoms with Gasteiger partial charge in [0.2, 0.25) is 5.91 Å². The minimum absolute atomic E-state index is 0.0259. The summed E-state index contributed by atoms with van der Waals surface area (Å²) in [5, 5.41) is 2.86. The van der Waals surface area contributed by atoms with Crippen LogP contribution in [0.15, 0.2) is 48.7 Å². The summed E-state index contributed by atoms with van der Waals surface area (Å²) in [5.41, 5.74) is 8.78. The lowest BCUT2D eigenvalue weighted by Crippen LogP contribution is -2.16. The van der Waals surface area contributed by atoms with Gasteiger partial charge in [-0.2, -0.15) is 0 Å². The molecule has 4 nitrogen and oxygen atoms in total. The molecule has 0 radical (unpaired) electrons. The third-order valence-electron chi connectivity index (χ3n) is 3.09. The van der Waals surface area contributed by atoms with Gasteiger partial charge in [0.25, 0.3) is 0 Å². The number of aromatic nitrogens is 1. The number of aryl methyl sites for hydroxylation is 1. The molecule has 0 aliphatic rings. The maximum Gasteiger partial charge on any atom is 0.224 e. The number of rotatable bonds is 5. The normalized spacial score (nSPS) is 11.9. The van der Waals surface area contributed by atoms with Gasteiger partial charge in [0.15, 0.2) is 0 Å². The zero-order valence-corrected chi connectivity index (χ0v) is 11.5. The lowest BCUT2D eigenvalue weighted by atomic mass is 10.0. The van der Waals surface area contributed by atoms with Gasteiger partial charge in [0, 0.05) is 30.0 Å². The number of nitrogens with one attached hydrogen (secondary N) is 1. The van der Waals surface area contributed by atoms with Crippen LogP contribution in [0.1, 0.15) is 30.1 Å². The molecule has 0 saturated heterocycles. The van der Waals surface area contributed by atoms with Crippen LogP contribution >= 0.6 is 0 Å². The van der Waals surface area contributed by atoms with Gasteiger partial charge in [-0.05, 0) is 31.0 Å². The third kappa shape index (κ3) is 4.17. The van der Waals surface area contributed by atoms with Gasteiger partial charge in [-0.25, -0.2) is 0 Å². The van der Waals surface area contributed by atoms with Crippen molar-refractivity contribution in [2.24, 2.45) is 5.73 Å². The second-order valence-corrected chi connectivity index (χ2v) is 4.79. The van der Waals surface area contributed by atoms with Crippen LogP contribution in [0.25, 0.3) is 0 Å². The summed E-state index contributed by atoms with van der Waals surface area (Å²) in [6, 6.07) is 13.3. The van der Waals surface area contributed by atoms with Crippen LogP contribution in [0, 0.1) is 6.92 Å². The average molecular weight is 269 g/mol. The number of nitrogens with zero attached hydrogens (tertiary/aromatic N) is 1. The van der Waals surface area contributed by atoms with Crippen LogP contribution < -0.4 is 11.1 Å². The van der Waals surface area contributed by atoms with E-state index >= 15 is 0 Å².